The standard InChI is InChI=1S/C27H24Cl2N4O2/c28-20-7-4-8-21(29)24(20)27(35)31-19-13-14-22-23(15-19)33-25(32-22)16-9-11-18(12-10-16)30-26(34)17-5-2-1-3-6-17/h4,7-15,17H,1-3,5-6H2,(H,30,34)(H,31,35)(H,32,33). The van der Waals surface area contributed by atoms with E-state index in [0.717, 1.165) is 48.0 Å². The zero-order chi connectivity index (χ0) is 24.4. The fraction of sp³-hybridized carbons (Fsp3) is 0.222. The Kier molecular flexibility index (Phi) is 6.75. The molecule has 1 fully saturated rings. The molecule has 1 heterocycles. The highest BCUT2D eigenvalue weighted by Crippen LogP contribution is 2.28. The number of rotatable bonds is 5. The number of benzene rings is 3. The van der Waals surface area contributed by atoms with Gasteiger partial charge in [0.15, 0.2) is 0 Å². The summed E-state index contributed by atoms with van der Waals surface area (Å²) >= 11 is 12.3. The number of H-pyrrole nitrogens is 1. The van der Waals surface area contributed by atoms with Gasteiger partial charge in [0, 0.05) is 22.9 Å². The van der Waals surface area contributed by atoms with Gasteiger partial charge in [-0.3, -0.25) is 9.59 Å². The predicted octanol–water partition coefficient (Wildman–Crippen LogP) is 7.31. The van der Waals surface area contributed by atoms with Crippen LogP contribution in [0.3, 0.4) is 0 Å². The van der Waals surface area contributed by atoms with Gasteiger partial charge in [-0.15, -0.1) is 0 Å². The fourth-order valence-electron chi connectivity index (χ4n) is 4.45. The number of nitrogens with zero attached hydrogens (tertiary/aromatic N) is 1. The van der Waals surface area contributed by atoms with Crippen LogP contribution in [0, 0.1) is 5.92 Å². The molecule has 1 saturated carbocycles. The van der Waals surface area contributed by atoms with Crippen molar-refractivity contribution in [2.24, 2.45) is 5.92 Å². The molecule has 6 nitrogen and oxygen atoms in total. The molecule has 0 atom stereocenters. The Balaban J connectivity index is 1.30. The lowest BCUT2D eigenvalue weighted by atomic mass is 9.88. The maximum atomic E-state index is 12.7. The molecule has 0 saturated heterocycles. The molecular weight excluding hydrogens is 483 g/mol. The molecule has 3 aromatic carbocycles. The van der Waals surface area contributed by atoms with E-state index in [4.69, 9.17) is 23.2 Å². The Labute approximate surface area is 213 Å². The van der Waals surface area contributed by atoms with Gasteiger partial charge in [0.25, 0.3) is 5.91 Å². The van der Waals surface area contributed by atoms with Gasteiger partial charge in [-0.2, -0.15) is 0 Å². The number of anilines is 2. The van der Waals surface area contributed by atoms with Crippen molar-refractivity contribution in [2.75, 3.05) is 10.6 Å². The highest BCUT2D eigenvalue weighted by molar-refractivity contribution is 6.40. The second kappa shape index (κ2) is 10.1. The number of halogens is 2. The summed E-state index contributed by atoms with van der Waals surface area (Å²) in [4.78, 5) is 33.1. The first-order valence-electron chi connectivity index (χ1n) is 11.6. The number of carbonyl (C=O) groups is 2. The Hall–Kier alpha value is -3.35. The molecule has 1 aliphatic rings. The monoisotopic (exact) mass is 506 g/mol. The highest BCUT2D eigenvalue weighted by Gasteiger charge is 2.21. The number of carbonyl (C=O) groups excluding carboxylic acids is 2. The Morgan fingerprint density at radius 1 is 0.857 bits per heavy atom. The van der Waals surface area contributed by atoms with Gasteiger partial charge >= 0.3 is 0 Å². The number of aromatic nitrogens is 2. The summed E-state index contributed by atoms with van der Waals surface area (Å²) in [6.07, 6.45) is 5.41. The van der Waals surface area contributed by atoms with Crippen LogP contribution < -0.4 is 10.6 Å². The number of nitrogens with one attached hydrogen (secondary N) is 3. The minimum Gasteiger partial charge on any atom is -0.338 e. The second-order valence-corrected chi connectivity index (χ2v) is 9.58. The molecule has 5 rings (SSSR count). The van der Waals surface area contributed by atoms with Crippen molar-refractivity contribution >= 4 is 57.4 Å². The Bertz CT molecular complexity index is 1370. The van der Waals surface area contributed by atoms with Crippen molar-refractivity contribution in [2.45, 2.75) is 32.1 Å². The first-order chi connectivity index (χ1) is 17.0. The normalized spacial score (nSPS) is 14.1. The van der Waals surface area contributed by atoms with Crippen LogP contribution in [0.1, 0.15) is 42.5 Å². The Morgan fingerprint density at radius 3 is 2.26 bits per heavy atom. The van der Waals surface area contributed by atoms with Crippen LogP contribution in [0.5, 0.6) is 0 Å². The zero-order valence-corrected chi connectivity index (χ0v) is 20.4. The van der Waals surface area contributed by atoms with E-state index in [1.165, 1.54) is 6.42 Å². The third-order valence-corrected chi connectivity index (χ3v) is 6.96. The summed E-state index contributed by atoms with van der Waals surface area (Å²) in [6.45, 7) is 0. The average Bonchev–Trinajstić information content (AvgIpc) is 3.28. The smallest absolute Gasteiger partial charge is 0.258 e. The first-order valence-corrected chi connectivity index (χ1v) is 12.4. The van der Waals surface area contributed by atoms with Gasteiger partial charge in [-0.1, -0.05) is 48.5 Å². The molecule has 3 N–H and O–H groups in total. The number of hydrogen-bond donors (Lipinski definition) is 3. The topological polar surface area (TPSA) is 86.9 Å². The van der Waals surface area contributed by atoms with Gasteiger partial charge in [0.1, 0.15) is 5.82 Å². The maximum absolute atomic E-state index is 12.7. The van der Waals surface area contributed by atoms with Crippen molar-refractivity contribution in [1.82, 2.24) is 9.97 Å². The minimum atomic E-state index is -0.384. The summed E-state index contributed by atoms with van der Waals surface area (Å²) in [5.74, 6) is 0.532. The Morgan fingerprint density at radius 2 is 1.54 bits per heavy atom. The third-order valence-electron chi connectivity index (χ3n) is 6.33. The molecule has 1 aliphatic carbocycles. The van der Waals surface area contributed by atoms with Gasteiger partial charge in [-0.25, -0.2) is 4.98 Å². The largest absolute Gasteiger partial charge is 0.338 e. The molecular formula is C27H24Cl2N4O2. The summed E-state index contributed by atoms with van der Waals surface area (Å²) in [5.41, 5.74) is 4.04. The summed E-state index contributed by atoms with van der Waals surface area (Å²) < 4.78 is 0. The van der Waals surface area contributed by atoms with E-state index in [1.807, 2.05) is 36.4 Å². The lowest BCUT2D eigenvalue weighted by molar-refractivity contribution is -0.120. The van der Waals surface area contributed by atoms with E-state index < -0.39 is 0 Å². The van der Waals surface area contributed by atoms with Crippen LogP contribution in [-0.4, -0.2) is 21.8 Å². The first kappa shape index (κ1) is 23.4. The number of aromatic amines is 1. The molecule has 8 heteroatoms. The minimum absolute atomic E-state index is 0.105. The van der Waals surface area contributed by atoms with Crippen molar-refractivity contribution in [1.29, 1.82) is 0 Å². The molecule has 2 amide bonds. The molecule has 0 radical (unpaired) electrons. The van der Waals surface area contributed by atoms with E-state index in [0.29, 0.717) is 21.6 Å². The molecule has 4 aromatic rings. The van der Waals surface area contributed by atoms with Crippen LogP contribution >= 0.6 is 23.2 Å². The molecule has 178 valence electrons. The van der Waals surface area contributed by atoms with Crippen LogP contribution in [0.15, 0.2) is 60.7 Å². The van der Waals surface area contributed by atoms with E-state index in [9.17, 15) is 9.59 Å². The summed E-state index contributed by atoms with van der Waals surface area (Å²) in [7, 11) is 0. The van der Waals surface area contributed by atoms with Crippen LogP contribution in [0.2, 0.25) is 10.0 Å². The van der Waals surface area contributed by atoms with E-state index in [2.05, 4.69) is 20.6 Å². The zero-order valence-electron chi connectivity index (χ0n) is 18.9. The van der Waals surface area contributed by atoms with E-state index in [1.54, 1.807) is 24.3 Å². The van der Waals surface area contributed by atoms with Gasteiger partial charge in [0.2, 0.25) is 5.91 Å². The van der Waals surface area contributed by atoms with Crippen molar-refractivity contribution in [3.05, 3.63) is 76.3 Å². The van der Waals surface area contributed by atoms with E-state index in [-0.39, 0.29) is 23.3 Å². The average molecular weight is 507 g/mol. The molecule has 35 heavy (non-hydrogen) atoms. The lowest BCUT2D eigenvalue weighted by Crippen LogP contribution is -2.24. The second-order valence-electron chi connectivity index (χ2n) is 8.77. The van der Waals surface area contributed by atoms with Gasteiger partial charge < -0.3 is 15.6 Å². The van der Waals surface area contributed by atoms with Crippen LogP contribution in [0.25, 0.3) is 22.4 Å². The third kappa shape index (κ3) is 5.19. The molecule has 0 spiro atoms. The van der Waals surface area contributed by atoms with Crippen LogP contribution in [0.4, 0.5) is 11.4 Å². The molecule has 0 unspecified atom stereocenters. The number of amides is 2. The molecule has 0 aliphatic heterocycles. The summed E-state index contributed by atoms with van der Waals surface area (Å²) in [6, 6.07) is 18.0. The number of fused-ring (bicyclic) bond motifs is 1. The molecule has 1 aromatic heterocycles. The molecule has 0 bridgehead atoms. The van der Waals surface area contributed by atoms with Gasteiger partial charge in [-0.05, 0) is 67.4 Å². The summed E-state index contributed by atoms with van der Waals surface area (Å²) in [5, 5.41) is 6.45. The SMILES string of the molecule is O=C(Nc1ccc2nc(-c3ccc(NC(=O)C4CCCCC4)cc3)[nH]c2c1)c1c(Cl)cccc1Cl. The maximum Gasteiger partial charge on any atom is 0.258 e. The fourth-order valence-corrected chi connectivity index (χ4v) is 5.02. The van der Waals surface area contributed by atoms with Gasteiger partial charge in [0.05, 0.1) is 26.6 Å². The van der Waals surface area contributed by atoms with Crippen molar-refractivity contribution < 1.29 is 9.59 Å². The van der Waals surface area contributed by atoms with Crippen LogP contribution in [-0.2, 0) is 4.79 Å². The van der Waals surface area contributed by atoms with E-state index >= 15 is 0 Å². The highest BCUT2D eigenvalue weighted by atomic mass is 35.5. The van der Waals surface area contributed by atoms with Crippen molar-refractivity contribution in [3.63, 3.8) is 0 Å². The number of hydrogen-bond acceptors (Lipinski definition) is 3. The van der Waals surface area contributed by atoms with Crippen molar-refractivity contribution in [3.8, 4) is 11.4 Å². The quantitative estimate of drug-likeness (QED) is 0.265. The predicted molar refractivity (Wildman–Crippen MR) is 141 cm³/mol. The number of imidazole rings is 1. The lowest BCUT2D eigenvalue weighted by Gasteiger charge is -2.20.